The summed E-state index contributed by atoms with van der Waals surface area (Å²) in [5, 5.41) is 17.4. The highest BCUT2D eigenvalue weighted by atomic mass is 79.9. The number of hydrogen-bond donors (Lipinski definition) is 1. The van der Waals surface area contributed by atoms with Gasteiger partial charge in [0.15, 0.2) is 0 Å². The van der Waals surface area contributed by atoms with E-state index in [9.17, 15) is 23.1 Å². The van der Waals surface area contributed by atoms with Crippen molar-refractivity contribution in [1.82, 2.24) is 14.8 Å². The van der Waals surface area contributed by atoms with Gasteiger partial charge in [0.25, 0.3) is 11.6 Å². The number of halogens is 4. The molecule has 0 fully saturated rings. The van der Waals surface area contributed by atoms with E-state index in [1.807, 2.05) is 0 Å². The van der Waals surface area contributed by atoms with Gasteiger partial charge in [0, 0.05) is 12.6 Å². The van der Waals surface area contributed by atoms with Crippen molar-refractivity contribution in [2.24, 2.45) is 5.10 Å². The van der Waals surface area contributed by atoms with E-state index < -0.39 is 30.3 Å². The molecule has 1 N–H and O–H groups in total. The third kappa shape index (κ3) is 2.43. The zero-order valence-electron chi connectivity index (χ0n) is 12.0. The average Bonchev–Trinajstić information content (AvgIpc) is 2.94. The summed E-state index contributed by atoms with van der Waals surface area (Å²) >= 11 is 3.29. The number of aliphatic hydroxyl groups is 1. The van der Waals surface area contributed by atoms with Gasteiger partial charge in [-0.15, -0.1) is 0 Å². The molecular weight excluding hydrogens is 369 g/mol. The SMILES string of the molecule is Cc1nn([C@@H](C)C(=O)N2N=CC[C@]2(O)C(F)(F)F)c(C)c1Br. The number of amides is 1. The first-order chi connectivity index (χ1) is 10.0. The molecule has 6 nitrogen and oxygen atoms in total. The molecule has 0 spiro atoms. The molecule has 0 bridgehead atoms. The second-order valence-electron chi connectivity index (χ2n) is 5.07. The van der Waals surface area contributed by atoms with Crippen molar-refractivity contribution in [1.29, 1.82) is 0 Å². The summed E-state index contributed by atoms with van der Waals surface area (Å²) in [6.45, 7) is 4.78. The van der Waals surface area contributed by atoms with Crippen LogP contribution in [0.5, 0.6) is 0 Å². The molecule has 122 valence electrons. The molecule has 0 radical (unpaired) electrons. The van der Waals surface area contributed by atoms with Crippen LogP contribution in [0.1, 0.15) is 30.8 Å². The number of aromatic nitrogens is 2. The normalized spacial score (nSPS) is 23.2. The quantitative estimate of drug-likeness (QED) is 0.852. The minimum Gasteiger partial charge on any atom is -0.362 e. The predicted molar refractivity (Wildman–Crippen MR) is 75.1 cm³/mol. The average molecular weight is 383 g/mol. The number of nitrogens with zero attached hydrogens (tertiary/aromatic N) is 4. The third-order valence-corrected chi connectivity index (χ3v) is 4.69. The maximum atomic E-state index is 13.0. The molecule has 1 aromatic rings. The number of hydrazone groups is 1. The smallest absolute Gasteiger partial charge is 0.362 e. The van der Waals surface area contributed by atoms with E-state index in [-0.39, 0.29) is 5.01 Å². The monoisotopic (exact) mass is 382 g/mol. The van der Waals surface area contributed by atoms with E-state index >= 15 is 0 Å². The second kappa shape index (κ2) is 5.34. The van der Waals surface area contributed by atoms with Crippen molar-refractivity contribution in [3.05, 3.63) is 15.9 Å². The maximum absolute atomic E-state index is 13.0. The molecule has 2 heterocycles. The molecule has 1 aliphatic heterocycles. The van der Waals surface area contributed by atoms with Gasteiger partial charge in [-0.2, -0.15) is 28.4 Å². The Bertz CT molecular complexity index is 643. The molecule has 0 saturated heterocycles. The number of alkyl halides is 3. The predicted octanol–water partition coefficient (Wildman–Crippen LogP) is 2.29. The number of aryl methyl sites for hydroxylation is 1. The van der Waals surface area contributed by atoms with Gasteiger partial charge in [-0.25, -0.2) is 0 Å². The molecule has 1 aliphatic rings. The molecule has 1 aromatic heterocycles. The van der Waals surface area contributed by atoms with Crippen LogP contribution in [0.15, 0.2) is 9.57 Å². The van der Waals surface area contributed by atoms with Crippen molar-refractivity contribution in [3.8, 4) is 0 Å². The van der Waals surface area contributed by atoms with Gasteiger partial charge in [-0.05, 0) is 36.7 Å². The zero-order valence-corrected chi connectivity index (χ0v) is 13.6. The van der Waals surface area contributed by atoms with Gasteiger partial charge in [0.1, 0.15) is 6.04 Å². The molecule has 2 atom stereocenters. The van der Waals surface area contributed by atoms with E-state index in [1.54, 1.807) is 13.8 Å². The van der Waals surface area contributed by atoms with Crippen LogP contribution < -0.4 is 0 Å². The van der Waals surface area contributed by atoms with Gasteiger partial charge in [0.2, 0.25) is 0 Å². The summed E-state index contributed by atoms with van der Waals surface area (Å²) in [7, 11) is 0. The Labute approximate surface area is 132 Å². The summed E-state index contributed by atoms with van der Waals surface area (Å²) in [5.74, 6) is -0.994. The minimum absolute atomic E-state index is 0.0853. The molecule has 2 rings (SSSR count). The van der Waals surface area contributed by atoms with E-state index in [0.717, 1.165) is 6.21 Å². The van der Waals surface area contributed by atoms with E-state index in [2.05, 4.69) is 26.1 Å². The largest absolute Gasteiger partial charge is 0.438 e. The number of carbonyl (C=O) groups is 1. The van der Waals surface area contributed by atoms with E-state index in [0.29, 0.717) is 15.9 Å². The third-order valence-electron chi connectivity index (χ3n) is 3.55. The first-order valence-electron chi connectivity index (χ1n) is 6.37. The number of carbonyl (C=O) groups excluding carboxylic acids is 1. The lowest BCUT2D eigenvalue weighted by Crippen LogP contribution is -2.57. The number of hydrogen-bond acceptors (Lipinski definition) is 4. The van der Waals surface area contributed by atoms with Crippen LogP contribution in [0.3, 0.4) is 0 Å². The van der Waals surface area contributed by atoms with Gasteiger partial charge in [-0.3, -0.25) is 9.48 Å². The zero-order chi connectivity index (χ0) is 16.9. The molecular formula is C12H14BrF3N4O2. The first-order valence-corrected chi connectivity index (χ1v) is 7.17. The lowest BCUT2D eigenvalue weighted by molar-refractivity contribution is -0.302. The minimum atomic E-state index is -5.01. The van der Waals surface area contributed by atoms with Crippen molar-refractivity contribution in [2.45, 2.75) is 45.1 Å². The van der Waals surface area contributed by atoms with Crippen LogP contribution in [0.25, 0.3) is 0 Å². The summed E-state index contributed by atoms with van der Waals surface area (Å²) in [4.78, 5) is 12.4. The Hall–Kier alpha value is -1.42. The van der Waals surface area contributed by atoms with Crippen molar-refractivity contribution >= 4 is 28.1 Å². The first kappa shape index (κ1) is 16.9. The Kier molecular flexibility index (Phi) is 4.11. The molecule has 1 amide bonds. The fourth-order valence-corrected chi connectivity index (χ4v) is 2.47. The molecule has 0 saturated carbocycles. The molecule has 0 aliphatic carbocycles. The second-order valence-corrected chi connectivity index (χ2v) is 5.86. The Morgan fingerprint density at radius 1 is 1.50 bits per heavy atom. The summed E-state index contributed by atoms with van der Waals surface area (Å²) in [5.41, 5.74) is -2.11. The van der Waals surface area contributed by atoms with Crippen LogP contribution in [0, 0.1) is 13.8 Å². The van der Waals surface area contributed by atoms with Gasteiger partial charge in [0.05, 0.1) is 15.9 Å². The Morgan fingerprint density at radius 3 is 2.55 bits per heavy atom. The van der Waals surface area contributed by atoms with Gasteiger partial charge < -0.3 is 5.11 Å². The lowest BCUT2D eigenvalue weighted by atomic mass is 10.1. The van der Waals surface area contributed by atoms with Crippen LogP contribution in [0.2, 0.25) is 0 Å². The molecule has 0 unspecified atom stereocenters. The van der Waals surface area contributed by atoms with Gasteiger partial charge in [-0.1, -0.05) is 0 Å². The molecule has 0 aromatic carbocycles. The van der Waals surface area contributed by atoms with Crippen LogP contribution in [-0.4, -0.2) is 43.9 Å². The highest BCUT2D eigenvalue weighted by Gasteiger charge is 2.62. The van der Waals surface area contributed by atoms with Crippen molar-refractivity contribution in [3.63, 3.8) is 0 Å². The topological polar surface area (TPSA) is 70.7 Å². The van der Waals surface area contributed by atoms with Crippen molar-refractivity contribution in [2.75, 3.05) is 0 Å². The highest BCUT2D eigenvalue weighted by Crippen LogP contribution is 2.39. The molecule has 10 heteroatoms. The van der Waals surface area contributed by atoms with Crippen LogP contribution in [0.4, 0.5) is 13.2 Å². The number of rotatable bonds is 2. The Morgan fingerprint density at radius 2 is 2.09 bits per heavy atom. The Balaban J connectivity index is 2.35. The summed E-state index contributed by atoms with van der Waals surface area (Å²) in [6, 6.07) is -1.05. The lowest BCUT2D eigenvalue weighted by Gasteiger charge is -2.34. The fourth-order valence-electron chi connectivity index (χ4n) is 2.21. The van der Waals surface area contributed by atoms with E-state index in [1.165, 1.54) is 11.6 Å². The van der Waals surface area contributed by atoms with Crippen LogP contribution in [-0.2, 0) is 4.79 Å². The maximum Gasteiger partial charge on any atom is 0.438 e. The standard InChI is InChI=1S/C12H14BrF3N4O2/c1-6-9(13)7(2)19(18-6)8(3)10(21)20-11(22,4-5-17-20)12(14,15)16/h5,8,22H,4H2,1-3H3/t8-,11-/m0/s1. The van der Waals surface area contributed by atoms with Gasteiger partial charge >= 0.3 is 6.18 Å². The van der Waals surface area contributed by atoms with E-state index in [4.69, 9.17) is 0 Å². The highest BCUT2D eigenvalue weighted by molar-refractivity contribution is 9.10. The summed E-state index contributed by atoms with van der Waals surface area (Å²) in [6.07, 6.45) is -4.93. The van der Waals surface area contributed by atoms with Crippen molar-refractivity contribution < 1.29 is 23.1 Å². The summed E-state index contributed by atoms with van der Waals surface area (Å²) < 4.78 is 41.0. The van der Waals surface area contributed by atoms with Crippen LogP contribution >= 0.6 is 15.9 Å². The fraction of sp³-hybridized carbons (Fsp3) is 0.583. The molecule has 22 heavy (non-hydrogen) atoms.